The Hall–Kier alpha value is -4.33. The fraction of sp³-hybridized carbons (Fsp3) is 0.414. The fourth-order valence-corrected chi connectivity index (χ4v) is 3.78. The van der Waals surface area contributed by atoms with Crippen molar-refractivity contribution in [1.29, 1.82) is 0 Å². The summed E-state index contributed by atoms with van der Waals surface area (Å²) in [6.45, 7) is 7.09. The molecule has 0 aliphatic carbocycles. The number of pyridine rings is 1. The van der Waals surface area contributed by atoms with Gasteiger partial charge in [-0.2, -0.15) is 0 Å². The number of aromatic nitrogens is 2. The largest absolute Gasteiger partial charge is 0.490 e. The van der Waals surface area contributed by atoms with E-state index in [1.54, 1.807) is 43.5 Å². The Bertz CT molecular complexity index is 1410. The molecule has 0 radical (unpaired) electrons. The van der Waals surface area contributed by atoms with Crippen LogP contribution in [-0.2, 0) is 23.8 Å². The van der Waals surface area contributed by atoms with Gasteiger partial charge in [0, 0.05) is 18.8 Å². The molecule has 42 heavy (non-hydrogen) atoms. The van der Waals surface area contributed by atoms with Crippen molar-refractivity contribution in [2.75, 3.05) is 45.4 Å². The molecule has 13 heteroatoms. The van der Waals surface area contributed by atoms with Gasteiger partial charge in [-0.15, -0.1) is 0 Å². The highest BCUT2D eigenvalue weighted by Crippen LogP contribution is 2.25. The van der Waals surface area contributed by atoms with Crippen molar-refractivity contribution in [3.63, 3.8) is 0 Å². The fourth-order valence-electron chi connectivity index (χ4n) is 3.78. The summed E-state index contributed by atoms with van der Waals surface area (Å²) in [5, 5.41) is 4.16. The molecule has 2 amide bonds. The van der Waals surface area contributed by atoms with Crippen LogP contribution in [0.3, 0.4) is 0 Å². The van der Waals surface area contributed by atoms with Gasteiger partial charge >= 0.3 is 5.97 Å². The molecule has 2 N–H and O–H groups in total. The van der Waals surface area contributed by atoms with Gasteiger partial charge in [0.05, 0.1) is 39.0 Å². The first kappa shape index (κ1) is 30.6. The predicted octanol–water partition coefficient (Wildman–Crippen LogP) is 3.19. The quantitative estimate of drug-likeness (QED) is 0.226. The summed E-state index contributed by atoms with van der Waals surface area (Å²) < 4.78 is 27.5. The summed E-state index contributed by atoms with van der Waals surface area (Å²) in [5.74, 6) is 0.0440. The lowest BCUT2D eigenvalue weighted by Crippen LogP contribution is -2.43. The van der Waals surface area contributed by atoms with E-state index < -0.39 is 11.5 Å². The maximum atomic E-state index is 12.7. The first-order valence-corrected chi connectivity index (χ1v) is 13.5. The Kier molecular flexibility index (Phi) is 10.2. The standard InChI is InChI=1S/C29H35N5O8/c1-29(2,3)42-26(36)11-12-38-13-14-39-15-16-40-20-6-7-21(30-18-20)27(37)31-19-5-9-24-23(17-19)32-28(41-24)22-8-10-25(35)34(4)33-22/h5-10,17-18,22,33H,11-16H2,1-4H3,(H,31,37). The molecule has 0 fully saturated rings. The molecule has 0 bridgehead atoms. The molecule has 1 aliphatic heterocycles. The van der Waals surface area contributed by atoms with E-state index in [-0.39, 0.29) is 36.6 Å². The van der Waals surface area contributed by atoms with Crippen molar-refractivity contribution in [2.45, 2.75) is 38.8 Å². The lowest BCUT2D eigenvalue weighted by atomic mass is 10.2. The number of esters is 1. The Balaban J connectivity index is 1.15. The highest BCUT2D eigenvalue weighted by atomic mass is 16.6. The molecule has 3 aromatic rings. The monoisotopic (exact) mass is 581 g/mol. The van der Waals surface area contributed by atoms with Crippen molar-refractivity contribution in [2.24, 2.45) is 0 Å². The van der Waals surface area contributed by atoms with Gasteiger partial charge < -0.3 is 28.7 Å². The number of fused-ring (bicyclic) bond motifs is 1. The van der Waals surface area contributed by atoms with Gasteiger partial charge in [-0.1, -0.05) is 6.08 Å². The smallest absolute Gasteiger partial charge is 0.308 e. The molecule has 13 nitrogen and oxygen atoms in total. The zero-order chi connectivity index (χ0) is 30.1. The third-order valence-corrected chi connectivity index (χ3v) is 5.73. The average molecular weight is 582 g/mol. The van der Waals surface area contributed by atoms with E-state index in [9.17, 15) is 14.4 Å². The van der Waals surface area contributed by atoms with Gasteiger partial charge in [-0.3, -0.25) is 19.4 Å². The molecule has 224 valence electrons. The summed E-state index contributed by atoms with van der Waals surface area (Å²) in [6, 6.07) is 7.96. The average Bonchev–Trinajstić information content (AvgIpc) is 3.36. The second-order valence-electron chi connectivity index (χ2n) is 10.3. The first-order chi connectivity index (χ1) is 20.1. The van der Waals surface area contributed by atoms with Gasteiger partial charge in [-0.05, 0) is 51.1 Å². The van der Waals surface area contributed by atoms with E-state index in [1.165, 1.54) is 17.3 Å². The second-order valence-corrected chi connectivity index (χ2v) is 10.3. The number of nitrogens with zero attached hydrogens (tertiary/aromatic N) is 3. The van der Waals surface area contributed by atoms with E-state index in [4.69, 9.17) is 23.4 Å². The van der Waals surface area contributed by atoms with Gasteiger partial charge in [-0.25, -0.2) is 15.4 Å². The summed E-state index contributed by atoms with van der Waals surface area (Å²) in [7, 11) is 1.62. The highest BCUT2D eigenvalue weighted by Gasteiger charge is 2.23. The van der Waals surface area contributed by atoms with E-state index in [2.05, 4.69) is 20.7 Å². The van der Waals surface area contributed by atoms with Gasteiger partial charge in [0.1, 0.15) is 35.2 Å². The van der Waals surface area contributed by atoms with E-state index in [1.807, 2.05) is 20.8 Å². The molecular weight excluding hydrogens is 546 g/mol. The molecular formula is C29H35N5O8. The number of amides is 2. The number of oxazole rings is 1. The van der Waals surface area contributed by atoms with E-state index in [0.717, 1.165) is 0 Å². The van der Waals surface area contributed by atoms with Crippen molar-refractivity contribution < 1.29 is 37.7 Å². The van der Waals surface area contributed by atoms with E-state index >= 15 is 0 Å². The van der Waals surface area contributed by atoms with Gasteiger partial charge in [0.25, 0.3) is 11.8 Å². The van der Waals surface area contributed by atoms with Crippen LogP contribution in [0.15, 0.2) is 53.1 Å². The summed E-state index contributed by atoms with van der Waals surface area (Å²) in [6.07, 6.45) is 4.79. The number of benzene rings is 1. The summed E-state index contributed by atoms with van der Waals surface area (Å²) in [5.41, 5.74) is 4.33. The van der Waals surface area contributed by atoms with Crippen LogP contribution in [0, 0.1) is 0 Å². The van der Waals surface area contributed by atoms with Crippen LogP contribution in [0.25, 0.3) is 11.1 Å². The number of likely N-dealkylation sites (N-methyl/N-ethyl adjacent to an activating group) is 1. The number of nitrogens with one attached hydrogen (secondary N) is 2. The van der Waals surface area contributed by atoms with Crippen LogP contribution in [0.2, 0.25) is 0 Å². The predicted molar refractivity (Wildman–Crippen MR) is 152 cm³/mol. The number of ether oxygens (including phenoxy) is 4. The van der Waals surface area contributed by atoms with Crippen LogP contribution >= 0.6 is 0 Å². The number of hydrogen-bond donors (Lipinski definition) is 2. The van der Waals surface area contributed by atoms with Crippen LogP contribution < -0.4 is 15.5 Å². The molecule has 1 unspecified atom stereocenters. The molecule has 3 heterocycles. The first-order valence-electron chi connectivity index (χ1n) is 13.5. The summed E-state index contributed by atoms with van der Waals surface area (Å²) in [4.78, 5) is 44.6. The van der Waals surface area contributed by atoms with Crippen LogP contribution in [0.5, 0.6) is 5.75 Å². The third-order valence-electron chi connectivity index (χ3n) is 5.73. The number of hydrogen-bond acceptors (Lipinski definition) is 11. The molecule has 1 atom stereocenters. The lowest BCUT2D eigenvalue weighted by molar-refractivity contribution is -0.156. The second kappa shape index (κ2) is 14.0. The van der Waals surface area contributed by atoms with Gasteiger partial charge in [0.2, 0.25) is 5.89 Å². The van der Waals surface area contributed by atoms with Crippen LogP contribution in [-0.4, -0.2) is 78.4 Å². The van der Waals surface area contributed by atoms with Gasteiger partial charge in [0.15, 0.2) is 5.58 Å². The topological polar surface area (TPSA) is 154 Å². The van der Waals surface area contributed by atoms with Crippen molar-refractivity contribution in [1.82, 2.24) is 20.4 Å². The number of carbonyl (C=O) groups excluding carboxylic acids is 3. The number of anilines is 1. The lowest BCUT2D eigenvalue weighted by Gasteiger charge is -2.24. The van der Waals surface area contributed by atoms with Crippen molar-refractivity contribution in [3.05, 3.63) is 60.3 Å². The molecule has 0 spiro atoms. The SMILES string of the molecule is CN1NC(c2nc3cc(NC(=O)c4ccc(OCCOCCOCCC(=O)OC(C)(C)C)cn4)ccc3o2)C=CC1=O. The number of hydrazine groups is 1. The van der Waals surface area contributed by atoms with Crippen molar-refractivity contribution in [3.8, 4) is 5.75 Å². The van der Waals surface area contributed by atoms with Crippen molar-refractivity contribution >= 4 is 34.6 Å². The Morgan fingerprint density at radius 2 is 1.83 bits per heavy atom. The third kappa shape index (κ3) is 9.09. The molecule has 4 rings (SSSR count). The molecule has 1 aromatic carbocycles. The minimum atomic E-state index is -0.503. The Labute approximate surface area is 243 Å². The van der Waals surface area contributed by atoms with Crippen LogP contribution in [0.4, 0.5) is 5.69 Å². The molecule has 0 saturated heterocycles. The maximum Gasteiger partial charge on any atom is 0.308 e. The maximum absolute atomic E-state index is 12.7. The highest BCUT2D eigenvalue weighted by molar-refractivity contribution is 6.03. The van der Waals surface area contributed by atoms with E-state index in [0.29, 0.717) is 54.9 Å². The number of carbonyl (C=O) groups is 3. The zero-order valence-corrected chi connectivity index (χ0v) is 24.0. The zero-order valence-electron chi connectivity index (χ0n) is 24.0. The number of rotatable bonds is 13. The molecule has 0 saturated carbocycles. The van der Waals surface area contributed by atoms with Crippen LogP contribution in [0.1, 0.15) is 49.6 Å². The molecule has 1 aliphatic rings. The normalized spacial score (nSPS) is 15.2. The minimum Gasteiger partial charge on any atom is -0.490 e. The Morgan fingerprint density at radius 3 is 2.55 bits per heavy atom. The minimum absolute atomic E-state index is 0.165. The summed E-state index contributed by atoms with van der Waals surface area (Å²) >= 11 is 0. The molecule has 2 aromatic heterocycles. The Morgan fingerprint density at radius 1 is 1.07 bits per heavy atom.